The van der Waals surface area contributed by atoms with Crippen LogP contribution in [0.4, 0.5) is 5.82 Å². The van der Waals surface area contributed by atoms with Crippen LogP contribution < -0.4 is 5.73 Å². The average Bonchev–Trinajstić information content (AvgIpc) is 3.48. The topological polar surface area (TPSA) is 92.6 Å². The molecule has 1 aliphatic carbocycles. The normalized spacial score (nSPS) is 22.3. The Hall–Kier alpha value is -3.81. The number of imidazole rings is 1. The van der Waals surface area contributed by atoms with E-state index in [1.165, 1.54) is 0 Å². The smallest absolute Gasteiger partial charge is 0.150 e. The predicted octanol–water partition coefficient (Wildman–Crippen LogP) is 4.51. The van der Waals surface area contributed by atoms with E-state index in [9.17, 15) is 5.11 Å². The number of aromatic nitrogens is 4. The standard InChI is InChI=1S/C29H28N6O/c30-28-27-26(20-7-6-19-8-9-24(32-25(19)16-20)18-4-2-1-3-5-18)33-29(35(27)13-11-31-28)21-14-22(15-21)34-12-10-23(36)17-34/h1-9,11,13,16,21-23,36H,10,12,14-15,17H2,(H2,30,31). The average molecular weight is 477 g/mol. The zero-order chi connectivity index (χ0) is 24.2. The Morgan fingerprint density at radius 1 is 0.944 bits per heavy atom. The van der Waals surface area contributed by atoms with Crippen molar-refractivity contribution in [3.63, 3.8) is 0 Å². The van der Waals surface area contributed by atoms with Crippen LogP contribution >= 0.6 is 0 Å². The van der Waals surface area contributed by atoms with Gasteiger partial charge in [0, 0.05) is 54.0 Å². The second-order valence-electron chi connectivity index (χ2n) is 10.1. The van der Waals surface area contributed by atoms with Gasteiger partial charge in [0.2, 0.25) is 0 Å². The summed E-state index contributed by atoms with van der Waals surface area (Å²) in [7, 11) is 0. The number of nitrogen functional groups attached to an aromatic ring is 1. The SMILES string of the molecule is Nc1nccn2c(C3CC(N4CCC(O)C4)C3)nc(-c3ccc4ccc(-c5ccccc5)nc4c3)c12. The molecule has 0 bridgehead atoms. The molecule has 7 heteroatoms. The molecule has 1 unspecified atom stereocenters. The molecule has 1 saturated carbocycles. The second-order valence-corrected chi connectivity index (χ2v) is 10.1. The fourth-order valence-electron chi connectivity index (χ4n) is 5.81. The summed E-state index contributed by atoms with van der Waals surface area (Å²) in [6, 6.07) is 21.2. The number of aliphatic hydroxyl groups excluding tert-OH is 1. The summed E-state index contributed by atoms with van der Waals surface area (Å²) < 4.78 is 2.12. The number of nitrogens with zero attached hydrogens (tertiary/aromatic N) is 5. The first-order chi connectivity index (χ1) is 17.6. The van der Waals surface area contributed by atoms with Crippen LogP contribution in [-0.4, -0.2) is 54.6 Å². The molecule has 36 heavy (non-hydrogen) atoms. The minimum atomic E-state index is -0.183. The van der Waals surface area contributed by atoms with E-state index in [1.807, 2.05) is 24.4 Å². The largest absolute Gasteiger partial charge is 0.392 e. The van der Waals surface area contributed by atoms with E-state index >= 15 is 0 Å². The third-order valence-electron chi connectivity index (χ3n) is 7.83. The van der Waals surface area contributed by atoms with Gasteiger partial charge in [-0.2, -0.15) is 0 Å². The summed E-state index contributed by atoms with van der Waals surface area (Å²) in [4.78, 5) is 16.9. The van der Waals surface area contributed by atoms with Gasteiger partial charge in [-0.1, -0.05) is 48.5 Å². The molecule has 2 aromatic carbocycles. The van der Waals surface area contributed by atoms with Gasteiger partial charge < -0.3 is 10.8 Å². The van der Waals surface area contributed by atoms with E-state index in [4.69, 9.17) is 15.7 Å². The van der Waals surface area contributed by atoms with Gasteiger partial charge in [0.05, 0.1) is 17.3 Å². The molecule has 1 saturated heterocycles. The Labute approximate surface area is 209 Å². The maximum atomic E-state index is 9.93. The predicted molar refractivity (Wildman–Crippen MR) is 142 cm³/mol. The van der Waals surface area contributed by atoms with E-state index < -0.39 is 0 Å². The van der Waals surface area contributed by atoms with Crippen molar-refractivity contribution < 1.29 is 5.11 Å². The zero-order valence-corrected chi connectivity index (χ0v) is 20.0. The lowest BCUT2D eigenvalue weighted by Gasteiger charge is -2.40. The maximum absolute atomic E-state index is 9.93. The van der Waals surface area contributed by atoms with E-state index in [0.717, 1.165) is 77.1 Å². The van der Waals surface area contributed by atoms with Crippen molar-refractivity contribution in [2.45, 2.75) is 37.3 Å². The third kappa shape index (κ3) is 3.54. The van der Waals surface area contributed by atoms with E-state index in [1.54, 1.807) is 6.20 Å². The highest BCUT2D eigenvalue weighted by atomic mass is 16.3. The number of anilines is 1. The van der Waals surface area contributed by atoms with Crippen molar-refractivity contribution in [2.24, 2.45) is 0 Å². The molecule has 5 aromatic rings. The number of β-amino-alcohol motifs (C(OH)–C–C–N with tert-alkyl or cyclic N) is 1. The number of aliphatic hydroxyl groups is 1. The Kier molecular flexibility index (Phi) is 5.01. The maximum Gasteiger partial charge on any atom is 0.150 e. The van der Waals surface area contributed by atoms with Gasteiger partial charge in [-0.25, -0.2) is 15.0 Å². The summed E-state index contributed by atoms with van der Waals surface area (Å²) in [6.07, 6.45) is 6.51. The highest BCUT2D eigenvalue weighted by Gasteiger charge is 2.39. The van der Waals surface area contributed by atoms with Gasteiger partial charge in [-0.3, -0.25) is 9.30 Å². The summed E-state index contributed by atoms with van der Waals surface area (Å²) in [6.45, 7) is 1.77. The molecule has 0 amide bonds. The Morgan fingerprint density at radius 3 is 2.58 bits per heavy atom. The summed E-state index contributed by atoms with van der Waals surface area (Å²) in [5.74, 6) is 1.88. The molecule has 0 spiro atoms. The van der Waals surface area contributed by atoms with Gasteiger partial charge in [0.15, 0.2) is 0 Å². The second kappa shape index (κ2) is 8.40. The first kappa shape index (κ1) is 21.5. The number of benzene rings is 2. The van der Waals surface area contributed by atoms with Crippen LogP contribution in [0, 0.1) is 0 Å². The Morgan fingerprint density at radius 2 is 1.78 bits per heavy atom. The molecule has 1 atom stereocenters. The molecule has 7 rings (SSSR count). The minimum absolute atomic E-state index is 0.183. The number of hydrogen-bond acceptors (Lipinski definition) is 6. The minimum Gasteiger partial charge on any atom is -0.392 e. The molecule has 180 valence electrons. The summed E-state index contributed by atoms with van der Waals surface area (Å²) in [5.41, 5.74) is 12.1. The first-order valence-electron chi connectivity index (χ1n) is 12.7. The highest BCUT2D eigenvalue weighted by Crippen LogP contribution is 2.42. The number of pyridine rings is 1. The van der Waals surface area contributed by atoms with Crippen molar-refractivity contribution in [3.8, 4) is 22.5 Å². The van der Waals surface area contributed by atoms with E-state index in [2.05, 4.69) is 56.7 Å². The lowest BCUT2D eigenvalue weighted by Crippen LogP contribution is -2.43. The van der Waals surface area contributed by atoms with Crippen molar-refractivity contribution in [2.75, 3.05) is 18.8 Å². The highest BCUT2D eigenvalue weighted by molar-refractivity contribution is 5.91. The Balaban J connectivity index is 1.27. The van der Waals surface area contributed by atoms with Gasteiger partial charge in [-0.05, 0) is 31.4 Å². The number of hydrogen-bond donors (Lipinski definition) is 2. The molecule has 7 nitrogen and oxygen atoms in total. The van der Waals surface area contributed by atoms with Crippen molar-refractivity contribution >= 4 is 22.2 Å². The first-order valence-corrected chi connectivity index (χ1v) is 12.7. The van der Waals surface area contributed by atoms with Gasteiger partial charge in [0.25, 0.3) is 0 Å². The molecular formula is C29H28N6O. The van der Waals surface area contributed by atoms with E-state index in [0.29, 0.717) is 17.8 Å². The number of fused-ring (bicyclic) bond motifs is 2. The van der Waals surface area contributed by atoms with Gasteiger partial charge in [0.1, 0.15) is 22.9 Å². The van der Waals surface area contributed by atoms with Gasteiger partial charge >= 0.3 is 0 Å². The van der Waals surface area contributed by atoms with Crippen LogP contribution in [0.25, 0.3) is 38.9 Å². The fraction of sp³-hybridized carbons (Fsp3) is 0.276. The quantitative estimate of drug-likeness (QED) is 0.397. The number of rotatable bonds is 4. The lowest BCUT2D eigenvalue weighted by molar-refractivity contribution is 0.107. The molecule has 2 fully saturated rings. The lowest BCUT2D eigenvalue weighted by atomic mass is 9.79. The van der Waals surface area contributed by atoms with Crippen LogP contribution in [0.3, 0.4) is 0 Å². The summed E-state index contributed by atoms with van der Waals surface area (Å²) in [5, 5.41) is 11.0. The molecule has 0 radical (unpaired) electrons. The van der Waals surface area contributed by atoms with Crippen LogP contribution in [0.1, 0.15) is 31.0 Å². The fourth-order valence-corrected chi connectivity index (χ4v) is 5.81. The molecule has 3 aromatic heterocycles. The number of likely N-dealkylation sites (tertiary alicyclic amines) is 1. The van der Waals surface area contributed by atoms with Crippen LogP contribution in [-0.2, 0) is 0 Å². The van der Waals surface area contributed by atoms with Crippen LogP contribution in [0.2, 0.25) is 0 Å². The Bertz CT molecular complexity index is 1570. The van der Waals surface area contributed by atoms with E-state index in [-0.39, 0.29) is 6.10 Å². The van der Waals surface area contributed by atoms with Gasteiger partial charge in [-0.15, -0.1) is 0 Å². The molecule has 1 aliphatic heterocycles. The van der Waals surface area contributed by atoms with Crippen molar-refractivity contribution in [1.82, 2.24) is 24.3 Å². The molecular weight excluding hydrogens is 448 g/mol. The number of nitrogens with two attached hydrogens (primary N) is 1. The van der Waals surface area contributed by atoms with Crippen LogP contribution in [0.15, 0.2) is 73.1 Å². The van der Waals surface area contributed by atoms with Crippen LogP contribution in [0.5, 0.6) is 0 Å². The third-order valence-corrected chi connectivity index (χ3v) is 7.83. The zero-order valence-electron chi connectivity index (χ0n) is 20.0. The molecule has 3 N–H and O–H groups in total. The van der Waals surface area contributed by atoms with Crippen molar-refractivity contribution in [3.05, 3.63) is 78.9 Å². The van der Waals surface area contributed by atoms with Crippen molar-refractivity contribution in [1.29, 1.82) is 0 Å². The molecule has 4 heterocycles. The monoisotopic (exact) mass is 476 g/mol. The summed E-state index contributed by atoms with van der Waals surface area (Å²) >= 11 is 0. The molecule has 2 aliphatic rings.